The van der Waals surface area contributed by atoms with Gasteiger partial charge in [0.1, 0.15) is 11.9 Å². The Morgan fingerprint density at radius 1 is 1.04 bits per heavy atom. The molecule has 2 aliphatic carbocycles. The smallest absolute Gasteiger partial charge is 0.248 e. The third kappa shape index (κ3) is 5.50. The van der Waals surface area contributed by atoms with Gasteiger partial charge in [-0.1, -0.05) is 31.0 Å². The topological polar surface area (TPSA) is 69.6 Å². The highest BCUT2D eigenvalue weighted by atomic mass is 16.3. The molecule has 2 fully saturated rings. The summed E-state index contributed by atoms with van der Waals surface area (Å²) in [5.41, 5.74) is 2.14. The van der Waals surface area contributed by atoms with E-state index in [1.54, 1.807) is 0 Å². The minimum atomic E-state index is -0.908. The molecule has 0 spiro atoms. The molecule has 0 heterocycles. The zero-order valence-electron chi connectivity index (χ0n) is 17.5. The van der Waals surface area contributed by atoms with Crippen molar-refractivity contribution in [3.63, 3.8) is 0 Å². The van der Waals surface area contributed by atoms with Crippen LogP contribution in [0, 0.1) is 18.8 Å². The number of hydrogen-bond donors (Lipinski definition) is 3. The van der Waals surface area contributed by atoms with Gasteiger partial charge in [-0.3, -0.25) is 4.79 Å². The molecule has 0 saturated heterocycles. The van der Waals surface area contributed by atoms with Crippen molar-refractivity contribution < 1.29 is 15.0 Å². The van der Waals surface area contributed by atoms with E-state index in [1.807, 2.05) is 13.0 Å². The highest BCUT2D eigenvalue weighted by molar-refractivity contribution is 5.80. The number of aliphatic hydroxyl groups is 1. The standard InChI is InChI=1S/C24H37NO3/c1-16-4-3-5-22(23(16)27)20-12-8-18(9-13-20)6-7-19-10-14-21(15-11-19)25-24(28)17(2)26/h3-5,17-21,26-27H,6-15H2,1-2H3,(H,25,28). The number of nitrogens with one attached hydrogen (secondary N) is 1. The molecule has 2 saturated carbocycles. The fourth-order valence-corrected chi connectivity index (χ4v) is 5.16. The number of para-hydroxylation sites is 1. The minimum absolute atomic E-state index is 0.236. The summed E-state index contributed by atoms with van der Waals surface area (Å²) in [5, 5.41) is 22.6. The van der Waals surface area contributed by atoms with Gasteiger partial charge in [0, 0.05) is 6.04 Å². The first-order valence-corrected chi connectivity index (χ1v) is 11.2. The van der Waals surface area contributed by atoms with Crippen LogP contribution in [0.5, 0.6) is 5.75 Å². The van der Waals surface area contributed by atoms with Gasteiger partial charge in [-0.15, -0.1) is 0 Å². The number of carbonyl (C=O) groups is 1. The zero-order chi connectivity index (χ0) is 20.1. The third-order valence-electron chi connectivity index (χ3n) is 7.11. The molecule has 1 unspecified atom stereocenters. The number of aliphatic hydroxyl groups excluding tert-OH is 1. The molecule has 1 aromatic rings. The van der Waals surface area contributed by atoms with Crippen LogP contribution in [0.3, 0.4) is 0 Å². The van der Waals surface area contributed by atoms with E-state index < -0.39 is 6.10 Å². The summed E-state index contributed by atoms with van der Waals surface area (Å²) in [4.78, 5) is 11.6. The Bertz CT molecular complexity index is 641. The minimum Gasteiger partial charge on any atom is -0.507 e. The van der Waals surface area contributed by atoms with Crippen LogP contribution < -0.4 is 5.32 Å². The van der Waals surface area contributed by atoms with Crippen molar-refractivity contribution in [1.29, 1.82) is 0 Å². The van der Waals surface area contributed by atoms with Crippen molar-refractivity contribution in [3.8, 4) is 5.75 Å². The molecule has 3 N–H and O–H groups in total. The average Bonchev–Trinajstić information content (AvgIpc) is 2.70. The molecular weight excluding hydrogens is 350 g/mol. The molecule has 1 amide bonds. The van der Waals surface area contributed by atoms with Gasteiger partial charge < -0.3 is 15.5 Å². The van der Waals surface area contributed by atoms with Gasteiger partial charge in [-0.2, -0.15) is 0 Å². The Hall–Kier alpha value is -1.55. The number of amides is 1. The van der Waals surface area contributed by atoms with Gasteiger partial charge in [0.25, 0.3) is 0 Å². The van der Waals surface area contributed by atoms with Crippen LogP contribution in [0.1, 0.15) is 88.2 Å². The van der Waals surface area contributed by atoms with Crippen LogP contribution in [0.25, 0.3) is 0 Å². The monoisotopic (exact) mass is 387 g/mol. The van der Waals surface area contributed by atoms with Crippen LogP contribution in [-0.2, 0) is 4.79 Å². The normalized spacial score (nSPS) is 29.2. The molecule has 4 heteroatoms. The summed E-state index contributed by atoms with van der Waals surface area (Å²) in [5.74, 6) is 2.41. The number of rotatable bonds is 6. The maximum Gasteiger partial charge on any atom is 0.248 e. The third-order valence-corrected chi connectivity index (χ3v) is 7.11. The van der Waals surface area contributed by atoms with Crippen LogP contribution in [0.15, 0.2) is 18.2 Å². The number of aromatic hydroxyl groups is 1. The molecule has 0 radical (unpaired) electrons. The zero-order valence-corrected chi connectivity index (χ0v) is 17.5. The highest BCUT2D eigenvalue weighted by Crippen LogP contribution is 2.42. The van der Waals surface area contributed by atoms with E-state index in [-0.39, 0.29) is 11.9 Å². The Labute approximate surface area is 169 Å². The van der Waals surface area contributed by atoms with Gasteiger partial charge in [-0.25, -0.2) is 0 Å². The predicted molar refractivity (Wildman–Crippen MR) is 112 cm³/mol. The number of aryl methyl sites for hydroxylation is 1. The van der Waals surface area contributed by atoms with Crippen molar-refractivity contribution in [2.45, 2.75) is 96.1 Å². The lowest BCUT2D eigenvalue weighted by atomic mass is 9.74. The summed E-state index contributed by atoms with van der Waals surface area (Å²) in [7, 11) is 0. The first kappa shape index (κ1) is 21.2. The van der Waals surface area contributed by atoms with Crippen molar-refractivity contribution in [1.82, 2.24) is 5.32 Å². The fraction of sp³-hybridized carbons (Fsp3) is 0.708. The Balaban J connectivity index is 1.36. The summed E-state index contributed by atoms with van der Waals surface area (Å²) in [6, 6.07) is 6.39. The van der Waals surface area contributed by atoms with E-state index in [0.717, 1.165) is 35.8 Å². The molecule has 28 heavy (non-hydrogen) atoms. The summed E-state index contributed by atoms with van der Waals surface area (Å²) < 4.78 is 0. The van der Waals surface area contributed by atoms with Crippen LogP contribution in [0.2, 0.25) is 0 Å². The number of phenolic OH excluding ortho intramolecular Hbond substituents is 1. The number of phenols is 1. The number of carbonyl (C=O) groups excluding carboxylic acids is 1. The molecule has 1 aromatic carbocycles. The fourth-order valence-electron chi connectivity index (χ4n) is 5.16. The summed E-state index contributed by atoms with van der Waals surface area (Å²) in [6.07, 6.45) is 11.1. The lowest BCUT2D eigenvalue weighted by Gasteiger charge is -2.32. The predicted octanol–water partition coefficient (Wildman–Crippen LogP) is 4.81. The molecule has 1 atom stereocenters. The molecule has 0 aromatic heterocycles. The van der Waals surface area contributed by atoms with Gasteiger partial charge >= 0.3 is 0 Å². The van der Waals surface area contributed by atoms with Crippen molar-refractivity contribution in [3.05, 3.63) is 29.3 Å². The Morgan fingerprint density at radius 2 is 1.61 bits per heavy atom. The molecule has 0 aliphatic heterocycles. The molecular formula is C24H37NO3. The van der Waals surface area contributed by atoms with Crippen molar-refractivity contribution in [2.24, 2.45) is 11.8 Å². The lowest BCUT2D eigenvalue weighted by molar-refractivity contribution is -0.129. The van der Waals surface area contributed by atoms with Gasteiger partial charge in [0.15, 0.2) is 0 Å². The molecule has 4 nitrogen and oxygen atoms in total. The van der Waals surface area contributed by atoms with E-state index in [1.165, 1.54) is 58.3 Å². The Kier molecular flexibility index (Phi) is 7.39. The van der Waals surface area contributed by atoms with Crippen LogP contribution in [-0.4, -0.2) is 28.3 Å². The molecule has 0 bridgehead atoms. The van der Waals surface area contributed by atoms with Crippen molar-refractivity contribution in [2.75, 3.05) is 0 Å². The highest BCUT2D eigenvalue weighted by Gasteiger charge is 2.27. The van der Waals surface area contributed by atoms with E-state index in [9.17, 15) is 15.0 Å². The lowest BCUT2D eigenvalue weighted by Crippen LogP contribution is -2.42. The van der Waals surface area contributed by atoms with E-state index in [4.69, 9.17) is 0 Å². The van der Waals surface area contributed by atoms with Crippen LogP contribution >= 0.6 is 0 Å². The second kappa shape index (κ2) is 9.78. The molecule has 3 rings (SSSR count). The quantitative estimate of drug-likeness (QED) is 0.656. The van der Waals surface area contributed by atoms with Crippen molar-refractivity contribution >= 4 is 5.91 Å². The van der Waals surface area contributed by atoms with Gasteiger partial charge in [-0.05, 0) is 94.1 Å². The van der Waals surface area contributed by atoms with E-state index in [0.29, 0.717) is 11.7 Å². The summed E-state index contributed by atoms with van der Waals surface area (Å²) >= 11 is 0. The van der Waals surface area contributed by atoms with Gasteiger partial charge in [0.05, 0.1) is 0 Å². The average molecular weight is 388 g/mol. The number of hydrogen-bond acceptors (Lipinski definition) is 3. The molecule has 156 valence electrons. The van der Waals surface area contributed by atoms with Crippen LogP contribution in [0.4, 0.5) is 0 Å². The Morgan fingerprint density at radius 3 is 2.18 bits per heavy atom. The largest absolute Gasteiger partial charge is 0.507 e. The van der Waals surface area contributed by atoms with E-state index >= 15 is 0 Å². The maximum absolute atomic E-state index is 11.6. The first-order valence-electron chi connectivity index (χ1n) is 11.2. The molecule has 2 aliphatic rings. The maximum atomic E-state index is 11.6. The van der Waals surface area contributed by atoms with Gasteiger partial charge in [0.2, 0.25) is 5.91 Å². The second-order valence-electron chi connectivity index (χ2n) is 9.21. The number of benzene rings is 1. The second-order valence-corrected chi connectivity index (χ2v) is 9.21. The van der Waals surface area contributed by atoms with E-state index in [2.05, 4.69) is 17.4 Å². The first-order chi connectivity index (χ1) is 13.4. The SMILES string of the molecule is Cc1cccc(C2CCC(CCC3CCC(NC(=O)C(C)O)CC3)CC2)c1O. The summed E-state index contributed by atoms with van der Waals surface area (Å²) in [6.45, 7) is 3.50.